The van der Waals surface area contributed by atoms with Crippen molar-refractivity contribution in [3.8, 4) is 6.19 Å². The van der Waals surface area contributed by atoms with E-state index in [0.29, 0.717) is 33.7 Å². The first-order valence-corrected chi connectivity index (χ1v) is 8.54. The molecule has 0 radical (unpaired) electrons. The Morgan fingerprint density at radius 3 is 1.70 bits per heavy atom. The van der Waals surface area contributed by atoms with Gasteiger partial charge in [0.15, 0.2) is 5.36 Å². The number of hydrogen-bond acceptors (Lipinski definition) is 3. The van der Waals surface area contributed by atoms with E-state index in [2.05, 4.69) is 15.0 Å². The van der Waals surface area contributed by atoms with E-state index in [-0.39, 0.29) is 32.3 Å². The van der Waals surface area contributed by atoms with Crippen LogP contribution < -0.4 is 10.7 Å². The molecule has 0 aliphatic heterocycles. The number of halogens is 4. The van der Waals surface area contributed by atoms with Gasteiger partial charge in [-0.15, -0.1) is 4.95 Å². The minimum Gasteiger partial charge on any atom is -0.207 e. The zero-order chi connectivity index (χ0) is 21.2. The van der Waals surface area contributed by atoms with E-state index < -0.39 is 23.3 Å². The Hall–Kier alpha value is -4.30. The largest absolute Gasteiger partial charge is 0.207 e. The highest BCUT2D eigenvalue weighted by molar-refractivity contribution is 6.21. The van der Waals surface area contributed by atoms with Crippen molar-refractivity contribution in [3.05, 3.63) is 81.9 Å². The van der Waals surface area contributed by atoms with Gasteiger partial charge in [-0.2, -0.15) is 16.8 Å². The summed E-state index contributed by atoms with van der Waals surface area (Å²) in [6.07, 6.45) is 1.62. The predicted molar refractivity (Wildman–Crippen MR) is 102 cm³/mol. The number of nitrogens with zero attached hydrogens (tertiary/aromatic N) is 4. The summed E-state index contributed by atoms with van der Waals surface area (Å²) in [6.45, 7) is 7.07. The molecule has 5 aromatic carbocycles. The minimum absolute atomic E-state index is 0.0352. The fraction of sp³-hybridized carbons (Fsp3) is 0. The van der Waals surface area contributed by atoms with Crippen LogP contribution in [0.15, 0.2) is 46.5 Å². The number of fused-ring (bicyclic) bond motifs is 6. The zero-order valence-electron chi connectivity index (χ0n) is 14.8. The first-order chi connectivity index (χ1) is 14.4. The minimum atomic E-state index is -0.856. The Balaban J connectivity index is 2.17. The van der Waals surface area contributed by atoms with Gasteiger partial charge in [0.2, 0.25) is 6.19 Å². The van der Waals surface area contributed by atoms with E-state index in [1.807, 2.05) is 0 Å². The summed E-state index contributed by atoms with van der Waals surface area (Å²) >= 11 is 0. The molecule has 0 saturated heterocycles. The van der Waals surface area contributed by atoms with Gasteiger partial charge in [-0.3, -0.25) is 0 Å². The van der Waals surface area contributed by atoms with Gasteiger partial charge in [0.1, 0.15) is 23.3 Å². The topological polar surface area (TPSA) is 52.9 Å². The molecule has 0 spiro atoms. The van der Waals surface area contributed by atoms with Gasteiger partial charge < -0.3 is 0 Å². The quantitative estimate of drug-likeness (QED) is 0.158. The lowest BCUT2D eigenvalue weighted by atomic mass is 10.1. The van der Waals surface area contributed by atoms with Crippen molar-refractivity contribution >= 4 is 43.1 Å². The van der Waals surface area contributed by atoms with E-state index in [9.17, 15) is 17.6 Å². The van der Waals surface area contributed by atoms with Crippen LogP contribution in [0.3, 0.4) is 0 Å². The van der Waals surface area contributed by atoms with Gasteiger partial charge >= 0.3 is 0 Å². The highest BCUT2D eigenvalue weighted by Gasteiger charge is 2.20. The molecule has 0 aliphatic carbocycles. The molecule has 5 rings (SSSR count). The van der Waals surface area contributed by atoms with Crippen molar-refractivity contribution in [2.45, 2.75) is 0 Å². The van der Waals surface area contributed by atoms with Gasteiger partial charge in [-0.05, 0) is 35.0 Å². The monoisotopic (exact) mass is 402 g/mol. The molecule has 8 heteroatoms. The Labute approximate surface area is 164 Å². The third-order valence-electron chi connectivity index (χ3n) is 5.14. The van der Waals surface area contributed by atoms with Gasteiger partial charge in [-0.25, -0.2) is 17.6 Å². The normalized spacial score (nSPS) is 13.0. The Morgan fingerprint density at radius 2 is 1.20 bits per heavy atom. The molecule has 0 unspecified atom stereocenters. The summed E-state index contributed by atoms with van der Waals surface area (Å²) in [5.74, 6) is -3.37. The van der Waals surface area contributed by atoms with Gasteiger partial charge in [0, 0.05) is 44.5 Å². The van der Waals surface area contributed by atoms with Crippen LogP contribution in [-0.2, 0) is 0 Å². The molecule has 0 aliphatic rings. The molecule has 0 aromatic heterocycles. The van der Waals surface area contributed by atoms with Crippen LogP contribution >= 0.6 is 0 Å². The highest BCUT2D eigenvalue weighted by Crippen LogP contribution is 2.34. The standard InChI is InChI=1S/C22H6F4N4/c1-28-30-22-14-7-11-13(6-12(14)20-16(22)3-10(24)5-18(20)26)21(29-8-27)15-2-9(23)4-17(25)19(11)15/h2-7H/b29-21-,30-22-. The molecule has 0 amide bonds. The molecule has 0 heterocycles. The van der Waals surface area contributed by atoms with Crippen LogP contribution in [0.4, 0.5) is 17.6 Å². The van der Waals surface area contributed by atoms with E-state index in [0.717, 1.165) is 12.1 Å². The van der Waals surface area contributed by atoms with Crippen molar-refractivity contribution in [2.24, 2.45) is 10.1 Å². The summed E-state index contributed by atoms with van der Waals surface area (Å²) in [4.78, 5) is 6.71. The van der Waals surface area contributed by atoms with E-state index >= 15 is 0 Å². The van der Waals surface area contributed by atoms with Crippen LogP contribution in [-0.4, -0.2) is 0 Å². The maximum absolute atomic E-state index is 14.7. The van der Waals surface area contributed by atoms with Crippen molar-refractivity contribution < 1.29 is 17.6 Å². The van der Waals surface area contributed by atoms with Crippen molar-refractivity contribution in [1.29, 1.82) is 5.26 Å². The van der Waals surface area contributed by atoms with Crippen LogP contribution in [0.25, 0.3) is 48.0 Å². The average molecular weight is 402 g/mol. The maximum Gasteiger partial charge on any atom is 0.206 e. The summed E-state index contributed by atoms with van der Waals surface area (Å²) < 4.78 is 57.0. The van der Waals surface area contributed by atoms with Crippen molar-refractivity contribution in [1.82, 2.24) is 0 Å². The van der Waals surface area contributed by atoms with E-state index in [1.54, 1.807) is 6.19 Å². The molecule has 0 bridgehead atoms. The molecule has 5 aromatic rings. The zero-order valence-corrected chi connectivity index (χ0v) is 14.8. The Morgan fingerprint density at radius 1 is 0.700 bits per heavy atom. The fourth-order valence-corrected chi connectivity index (χ4v) is 4.09. The molecular formula is C22H6F4N4. The third kappa shape index (κ3) is 2.25. The van der Waals surface area contributed by atoms with Crippen LogP contribution in [0.5, 0.6) is 0 Å². The molecule has 0 N–H and O–H groups in total. The SMILES string of the molecule is [C-]#[N+]/N=c1/c2cc3c(cc2c2c(F)cc(F)cc12)/c(=N/C#N)c1cc(F)cc(F)c13. The summed E-state index contributed by atoms with van der Waals surface area (Å²) in [7, 11) is 0. The van der Waals surface area contributed by atoms with Gasteiger partial charge in [0.25, 0.3) is 0 Å². The lowest BCUT2D eigenvalue weighted by molar-refractivity contribution is 0.592. The molecule has 0 saturated carbocycles. The third-order valence-corrected chi connectivity index (χ3v) is 5.14. The van der Waals surface area contributed by atoms with Gasteiger partial charge in [-0.1, -0.05) is 0 Å². The summed E-state index contributed by atoms with van der Waals surface area (Å²) in [5, 5.41) is 14.3. The Kier molecular flexibility index (Phi) is 3.61. The first-order valence-electron chi connectivity index (χ1n) is 8.54. The highest BCUT2D eigenvalue weighted by atomic mass is 19.1. The number of hydrogen-bond donors (Lipinski definition) is 0. The second-order valence-corrected chi connectivity index (χ2v) is 6.67. The number of nitriles is 1. The Bertz CT molecular complexity index is 1630. The average Bonchev–Trinajstić information content (AvgIpc) is 3.14. The summed E-state index contributed by atoms with van der Waals surface area (Å²) in [6, 6.07) is 6.52. The van der Waals surface area contributed by atoms with Crippen LogP contribution in [0.2, 0.25) is 0 Å². The maximum atomic E-state index is 14.7. The van der Waals surface area contributed by atoms with Crippen LogP contribution in [0.1, 0.15) is 0 Å². The molecular weight excluding hydrogens is 396 g/mol. The molecule has 142 valence electrons. The molecule has 4 nitrogen and oxygen atoms in total. The van der Waals surface area contributed by atoms with E-state index in [4.69, 9.17) is 11.8 Å². The lowest BCUT2D eigenvalue weighted by Crippen LogP contribution is -1.99. The van der Waals surface area contributed by atoms with E-state index in [1.165, 1.54) is 12.1 Å². The smallest absolute Gasteiger partial charge is 0.206 e. The second-order valence-electron chi connectivity index (χ2n) is 6.67. The van der Waals surface area contributed by atoms with Crippen LogP contribution in [0, 0.1) is 41.3 Å². The van der Waals surface area contributed by atoms with Crippen molar-refractivity contribution in [3.63, 3.8) is 0 Å². The molecule has 30 heavy (non-hydrogen) atoms. The summed E-state index contributed by atoms with van der Waals surface area (Å²) in [5.41, 5.74) is 0. The molecule has 0 fully saturated rings. The fourth-order valence-electron chi connectivity index (χ4n) is 4.09. The van der Waals surface area contributed by atoms with Gasteiger partial charge in [0.05, 0.1) is 10.5 Å². The number of benzene rings is 3. The first kappa shape index (κ1) is 17.8. The predicted octanol–water partition coefficient (Wildman–Crippen LogP) is 4.85. The van der Waals surface area contributed by atoms with Crippen molar-refractivity contribution in [2.75, 3.05) is 0 Å². The lowest BCUT2D eigenvalue weighted by Gasteiger charge is -1.98. The number of rotatable bonds is 0. The molecule has 0 atom stereocenters. The second kappa shape index (κ2) is 6.10.